The molecule has 0 aliphatic heterocycles. The highest BCUT2D eigenvalue weighted by Gasteiger charge is 2.12. The van der Waals surface area contributed by atoms with Crippen LogP contribution < -0.4 is 5.73 Å². The number of nitrogen functional groups attached to an aromatic ring is 1. The van der Waals surface area contributed by atoms with Crippen LogP contribution in [0.25, 0.3) is 11.5 Å². The van der Waals surface area contributed by atoms with Crippen molar-refractivity contribution in [2.45, 2.75) is 6.42 Å². The Morgan fingerprint density at radius 1 is 1.19 bits per heavy atom. The zero-order chi connectivity index (χ0) is 14.8. The molecule has 0 spiro atoms. The first-order chi connectivity index (χ1) is 10.1. The largest absolute Gasteiger partial charge is 0.398 e. The van der Waals surface area contributed by atoms with Gasteiger partial charge >= 0.3 is 0 Å². The minimum absolute atomic E-state index is 0.433. The monoisotopic (exact) mass is 411 g/mol. The maximum absolute atomic E-state index is 5.97. The van der Waals surface area contributed by atoms with Gasteiger partial charge in [0.05, 0.1) is 5.56 Å². The summed E-state index contributed by atoms with van der Waals surface area (Å²) in [4.78, 5) is 4.40. The van der Waals surface area contributed by atoms with Crippen LogP contribution >= 0.6 is 34.2 Å². The molecule has 3 aromatic rings. The Labute approximate surface area is 140 Å². The van der Waals surface area contributed by atoms with Crippen LogP contribution in [0.1, 0.15) is 11.4 Å². The summed E-state index contributed by atoms with van der Waals surface area (Å²) < 4.78 is 6.37. The van der Waals surface area contributed by atoms with Crippen LogP contribution in [0.4, 0.5) is 5.69 Å². The molecule has 106 valence electrons. The van der Waals surface area contributed by atoms with Gasteiger partial charge < -0.3 is 10.3 Å². The molecular formula is C15H11ClIN3O. The quantitative estimate of drug-likeness (QED) is 0.519. The number of nitrogens with two attached hydrogens (primary N) is 1. The van der Waals surface area contributed by atoms with Crippen molar-refractivity contribution in [2.24, 2.45) is 0 Å². The molecule has 2 aromatic carbocycles. The average molecular weight is 412 g/mol. The van der Waals surface area contributed by atoms with Gasteiger partial charge in [-0.3, -0.25) is 0 Å². The summed E-state index contributed by atoms with van der Waals surface area (Å²) in [6, 6.07) is 13.3. The fourth-order valence-electron chi connectivity index (χ4n) is 1.98. The molecule has 21 heavy (non-hydrogen) atoms. The van der Waals surface area contributed by atoms with Crippen molar-refractivity contribution in [3.63, 3.8) is 0 Å². The van der Waals surface area contributed by atoms with Crippen molar-refractivity contribution in [3.8, 4) is 11.5 Å². The topological polar surface area (TPSA) is 64.9 Å². The van der Waals surface area contributed by atoms with E-state index in [9.17, 15) is 0 Å². The number of halogens is 2. The van der Waals surface area contributed by atoms with Crippen molar-refractivity contribution in [3.05, 3.63) is 62.4 Å². The summed E-state index contributed by atoms with van der Waals surface area (Å²) in [6.07, 6.45) is 0.563. The maximum Gasteiger partial charge on any atom is 0.260 e. The van der Waals surface area contributed by atoms with Gasteiger partial charge in [-0.25, -0.2) is 0 Å². The van der Waals surface area contributed by atoms with E-state index >= 15 is 0 Å². The summed E-state index contributed by atoms with van der Waals surface area (Å²) in [5, 5.41) is 4.69. The second-order valence-electron chi connectivity index (χ2n) is 4.55. The number of nitrogens with zero attached hydrogens (tertiary/aromatic N) is 2. The Balaban J connectivity index is 1.88. The van der Waals surface area contributed by atoms with Crippen molar-refractivity contribution in [1.29, 1.82) is 0 Å². The molecule has 0 saturated carbocycles. The van der Waals surface area contributed by atoms with Gasteiger partial charge in [0.2, 0.25) is 0 Å². The van der Waals surface area contributed by atoms with E-state index in [0.29, 0.717) is 28.8 Å². The van der Waals surface area contributed by atoms with E-state index in [1.807, 2.05) is 42.5 Å². The molecule has 0 bridgehead atoms. The summed E-state index contributed by atoms with van der Waals surface area (Å²) in [5.41, 5.74) is 8.36. The smallest absolute Gasteiger partial charge is 0.260 e. The molecule has 2 N–H and O–H groups in total. The van der Waals surface area contributed by atoms with Crippen LogP contribution in [0.2, 0.25) is 5.02 Å². The van der Waals surface area contributed by atoms with Gasteiger partial charge in [0.1, 0.15) is 0 Å². The van der Waals surface area contributed by atoms with Crippen LogP contribution in [0.15, 0.2) is 47.0 Å². The van der Waals surface area contributed by atoms with Gasteiger partial charge in [0, 0.05) is 20.7 Å². The summed E-state index contributed by atoms with van der Waals surface area (Å²) in [6.45, 7) is 0. The van der Waals surface area contributed by atoms with E-state index in [-0.39, 0.29) is 0 Å². The van der Waals surface area contributed by atoms with Gasteiger partial charge in [0.25, 0.3) is 5.89 Å². The van der Waals surface area contributed by atoms with Gasteiger partial charge in [-0.2, -0.15) is 4.98 Å². The zero-order valence-electron chi connectivity index (χ0n) is 10.9. The van der Waals surface area contributed by atoms with Crippen LogP contribution in [-0.2, 0) is 6.42 Å². The van der Waals surface area contributed by atoms with Crippen LogP contribution in [0, 0.1) is 3.57 Å². The molecule has 0 aliphatic rings. The lowest BCUT2D eigenvalue weighted by Crippen LogP contribution is -1.92. The van der Waals surface area contributed by atoms with Gasteiger partial charge in [-0.15, -0.1) is 0 Å². The predicted molar refractivity (Wildman–Crippen MR) is 91.1 cm³/mol. The minimum atomic E-state index is 0.433. The summed E-state index contributed by atoms with van der Waals surface area (Å²) in [7, 11) is 0. The molecule has 0 aliphatic carbocycles. The fraction of sp³-hybridized carbons (Fsp3) is 0.0667. The van der Waals surface area contributed by atoms with Crippen molar-refractivity contribution in [2.75, 3.05) is 5.73 Å². The van der Waals surface area contributed by atoms with E-state index in [0.717, 1.165) is 14.7 Å². The minimum Gasteiger partial charge on any atom is -0.398 e. The molecule has 0 atom stereocenters. The van der Waals surface area contributed by atoms with E-state index < -0.39 is 0 Å². The molecule has 0 radical (unpaired) electrons. The Morgan fingerprint density at radius 2 is 2.05 bits per heavy atom. The van der Waals surface area contributed by atoms with Gasteiger partial charge in [-0.1, -0.05) is 28.9 Å². The highest BCUT2D eigenvalue weighted by atomic mass is 127. The molecule has 1 aromatic heterocycles. The predicted octanol–water partition coefficient (Wildman–Crippen LogP) is 4.17. The second-order valence-corrected chi connectivity index (χ2v) is 6.24. The third-order valence-corrected chi connectivity index (χ3v) is 3.87. The van der Waals surface area contributed by atoms with E-state index in [1.165, 1.54) is 0 Å². The molecule has 3 rings (SSSR count). The first-order valence-corrected chi connectivity index (χ1v) is 7.70. The number of anilines is 1. The van der Waals surface area contributed by atoms with E-state index in [1.54, 1.807) is 0 Å². The number of rotatable bonds is 3. The molecule has 0 fully saturated rings. The Kier molecular flexibility index (Phi) is 4.12. The Bertz CT molecular complexity index is 788. The average Bonchev–Trinajstić information content (AvgIpc) is 2.90. The molecule has 0 unspecified atom stereocenters. The molecule has 1 heterocycles. The van der Waals surface area contributed by atoms with Crippen LogP contribution in [-0.4, -0.2) is 10.1 Å². The lowest BCUT2D eigenvalue weighted by Gasteiger charge is -2.00. The number of benzene rings is 2. The Hall–Kier alpha value is -1.60. The SMILES string of the molecule is Nc1ccc(I)cc1-c1nc(Cc2cccc(Cl)c2)no1. The molecule has 0 saturated heterocycles. The first kappa shape index (κ1) is 14.3. The van der Waals surface area contributed by atoms with Crippen molar-refractivity contribution < 1.29 is 4.52 Å². The molecule has 4 nitrogen and oxygen atoms in total. The molecule has 0 amide bonds. The number of hydrogen-bond donors (Lipinski definition) is 1. The Morgan fingerprint density at radius 3 is 2.86 bits per heavy atom. The standard InChI is InChI=1S/C15H11ClIN3O/c16-10-3-1-2-9(6-10)7-14-19-15(21-20-14)12-8-11(17)4-5-13(12)18/h1-6,8H,7,18H2. The van der Waals surface area contributed by atoms with E-state index in [2.05, 4.69) is 32.7 Å². The third kappa shape index (κ3) is 3.36. The molecule has 6 heteroatoms. The number of hydrogen-bond acceptors (Lipinski definition) is 4. The summed E-state index contributed by atoms with van der Waals surface area (Å²) in [5.74, 6) is 1.04. The number of aromatic nitrogens is 2. The zero-order valence-corrected chi connectivity index (χ0v) is 13.8. The molecular weight excluding hydrogens is 401 g/mol. The van der Waals surface area contributed by atoms with Crippen molar-refractivity contribution >= 4 is 39.9 Å². The van der Waals surface area contributed by atoms with Crippen LogP contribution in [0.3, 0.4) is 0 Å². The van der Waals surface area contributed by atoms with Gasteiger partial charge in [0.15, 0.2) is 5.82 Å². The fourth-order valence-corrected chi connectivity index (χ4v) is 2.68. The van der Waals surface area contributed by atoms with Crippen LogP contribution in [0.5, 0.6) is 0 Å². The summed E-state index contributed by atoms with van der Waals surface area (Å²) >= 11 is 8.19. The highest BCUT2D eigenvalue weighted by Crippen LogP contribution is 2.26. The second kappa shape index (κ2) is 6.03. The van der Waals surface area contributed by atoms with Crippen molar-refractivity contribution in [1.82, 2.24) is 10.1 Å². The normalized spacial score (nSPS) is 10.8. The third-order valence-electron chi connectivity index (χ3n) is 2.97. The lowest BCUT2D eigenvalue weighted by molar-refractivity contribution is 0.424. The first-order valence-electron chi connectivity index (χ1n) is 6.24. The highest BCUT2D eigenvalue weighted by molar-refractivity contribution is 14.1. The maximum atomic E-state index is 5.97. The van der Waals surface area contributed by atoms with Gasteiger partial charge in [-0.05, 0) is 58.5 Å². The van der Waals surface area contributed by atoms with E-state index in [4.69, 9.17) is 21.9 Å². The lowest BCUT2D eigenvalue weighted by atomic mass is 10.1.